The average molecular weight is 306 g/mol. The lowest BCUT2D eigenvalue weighted by molar-refractivity contribution is -0.134. The van der Waals surface area contributed by atoms with Crippen LogP contribution in [0, 0.1) is 28.6 Å². The Labute approximate surface area is 132 Å². The summed E-state index contributed by atoms with van der Waals surface area (Å²) >= 11 is 0. The van der Waals surface area contributed by atoms with Crippen molar-refractivity contribution < 1.29 is 14.3 Å². The molecule has 0 amide bonds. The minimum atomic E-state index is -1.24. The van der Waals surface area contributed by atoms with Gasteiger partial charge in [-0.3, -0.25) is 4.79 Å². The number of allylic oxidation sites excluding steroid dienone is 1. The highest BCUT2D eigenvalue weighted by Gasteiger charge is 2.61. The van der Waals surface area contributed by atoms with Crippen molar-refractivity contribution in [1.29, 1.82) is 0 Å². The molecule has 0 radical (unpaired) electrons. The van der Waals surface area contributed by atoms with Gasteiger partial charge in [0.15, 0.2) is 12.0 Å². The zero-order chi connectivity index (χ0) is 15.7. The van der Waals surface area contributed by atoms with Gasteiger partial charge < -0.3 is 5.11 Å². The zero-order valence-corrected chi connectivity index (χ0v) is 13.6. The fourth-order valence-electron chi connectivity index (χ4n) is 6.39. The van der Waals surface area contributed by atoms with Crippen LogP contribution in [0.2, 0.25) is 0 Å². The van der Waals surface area contributed by atoms with Gasteiger partial charge in [0.25, 0.3) is 0 Å². The van der Waals surface area contributed by atoms with Gasteiger partial charge in [0.1, 0.15) is 0 Å². The minimum Gasteiger partial charge on any atom is -0.393 e. The highest BCUT2D eigenvalue weighted by molar-refractivity contribution is 5.91. The van der Waals surface area contributed by atoms with Crippen LogP contribution >= 0.6 is 0 Å². The second kappa shape index (κ2) is 4.66. The van der Waals surface area contributed by atoms with Crippen LogP contribution in [0.15, 0.2) is 11.6 Å². The molecule has 4 rings (SSSR count). The Kier molecular flexibility index (Phi) is 3.15. The molecule has 22 heavy (non-hydrogen) atoms. The molecule has 0 aromatic heterocycles. The van der Waals surface area contributed by atoms with Crippen LogP contribution in [0.5, 0.6) is 0 Å². The summed E-state index contributed by atoms with van der Waals surface area (Å²) < 4.78 is 14.1. The summed E-state index contributed by atoms with van der Waals surface area (Å²) in [5.74, 6) is 1.11. The molecule has 4 aliphatic carbocycles. The smallest absolute Gasteiger partial charge is 0.173 e. The summed E-state index contributed by atoms with van der Waals surface area (Å²) in [6, 6.07) is 0. The lowest BCUT2D eigenvalue weighted by Crippen LogP contribution is -2.50. The zero-order valence-electron chi connectivity index (χ0n) is 13.6. The van der Waals surface area contributed by atoms with E-state index in [4.69, 9.17) is 0 Å². The Morgan fingerprint density at radius 1 is 1.18 bits per heavy atom. The van der Waals surface area contributed by atoms with Gasteiger partial charge in [-0.05, 0) is 68.1 Å². The van der Waals surface area contributed by atoms with Crippen molar-refractivity contribution in [2.75, 3.05) is 0 Å². The summed E-state index contributed by atoms with van der Waals surface area (Å²) in [7, 11) is 0. The molecule has 7 atom stereocenters. The van der Waals surface area contributed by atoms with Gasteiger partial charge in [-0.15, -0.1) is 0 Å². The van der Waals surface area contributed by atoms with E-state index in [1.54, 1.807) is 0 Å². The van der Waals surface area contributed by atoms with E-state index in [2.05, 4.69) is 13.0 Å². The van der Waals surface area contributed by atoms with E-state index in [1.165, 1.54) is 5.57 Å². The van der Waals surface area contributed by atoms with E-state index in [-0.39, 0.29) is 23.2 Å². The lowest BCUT2D eigenvalue weighted by atomic mass is 9.48. The maximum Gasteiger partial charge on any atom is 0.173 e. The Bertz CT molecular complexity index is 542. The Balaban J connectivity index is 1.70. The van der Waals surface area contributed by atoms with Crippen LogP contribution in [0.4, 0.5) is 4.39 Å². The molecule has 0 aromatic rings. The van der Waals surface area contributed by atoms with E-state index in [9.17, 15) is 14.3 Å². The van der Waals surface area contributed by atoms with E-state index in [0.717, 1.165) is 38.5 Å². The molecular weight excluding hydrogens is 279 g/mol. The van der Waals surface area contributed by atoms with Crippen molar-refractivity contribution in [3.8, 4) is 0 Å². The number of hydrogen-bond acceptors (Lipinski definition) is 2. The number of halogens is 1. The van der Waals surface area contributed by atoms with Gasteiger partial charge in [0.2, 0.25) is 0 Å². The SMILES string of the molecule is C[C@]12CCC(O)CC1=CC[C@@H]1[C@@H]2CC[C@]2(C)C(=O)[C@H](F)C[C@@H]12. The van der Waals surface area contributed by atoms with Crippen molar-refractivity contribution in [3.05, 3.63) is 11.6 Å². The summed E-state index contributed by atoms with van der Waals surface area (Å²) in [6.45, 7) is 4.37. The first kappa shape index (κ1) is 14.9. The van der Waals surface area contributed by atoms with Crippen molar-refractivity contribution in [3.63, 3.8) is 0 Å². The molecule has 3 saturated carbocycles. The first-order valence-electron chi connectivity index (χ1n) is 8.92. The summed E-state index contributed by atoms with van der Waals surface area (Å²) in [5.41, 5.74) is 1.18. The largest absolute Gasteiger partial charge is 0.393 e. The number of aliphatic hydroxyl groups excluding tert-OH is 1. The highest BCUT2D eigenvalue weighted by Crippen LogP contribution is 2.64. The van der Waals surface area contributed by atoms with Crippen LogP contribution in [0.25, 0.3) is 0 Å². The number of fused-ring (bicyclic) bond motifs is 5. The molecule has 0 heterocycles. The number of ketones is 1. The molecule has 1 unspecified atom stereocenters. The van der Waals surface area contributed by atoms with Crippen molar-refractivity contribution in [2.45, 2.75) is 71.1 Å². The number of Topliss-reactive ketones (excluding diaryl/α,β-unsaturated/α-hetero) is 1. The van der Waals surface area contributed by atoms with E-state index < -0.39 is 11.6 Å². The van der Waals surface area contributed by atoms with Gasteiger partial charge >= 0.3 is 0 Å². The molecule has 0 spiro atoms. The van der Waals surface area contributed by atoms with Gasteiger partial charge in [0.05, 0.1) is 6.10 Å². The molecule has 0 saturated heterocycles. The number of rotatable bonds is 0. The number of carbonyl (C=O) groups is 1. The quantitative estimate of drug-likeness (QED) is 0.691. The molecule has 3 fully saturated rings. The van der Waals surface area contributed by atoms with E-state index in [1.807, 2.05) is 6.92 Å². The monoisotopic (exact) mass is 306 g/mol. The first-order chi connectivity index (χ1) is 10.4. The number of carbonyl (C=O) groups excluding carboxylic acids is 1. The number of hydrogen-bond donors (Lipinski definition) is 1. The maximum absolute atomic E-state index is 14.1. The molecule has 2 nitrogen and oxygen atoms in total. The minimum absolute atomic E-state index is 0.130. The van der Waals surface area contributed by atoms with Crippen LogP contribution in [-0.4, -0.2) is 23.2 Å². The third kappa shape index (κ3) is 1.78. The third-order valence-electron chi connectivity index (χ3n) is 7.78. The number of aliphatic hydroxyl groups is 1. The number of alkyl halides is 1. The predicted octanol–water partition coefficient (Wildman–Crippen LogP) is 3.83. The molecule has 3 heteroatoms. The Morgan fingerprint density at radius 2 is 1.91 bits per heavy atom. The van der Waals surface area contributed by atoms with Gasteiger partial charge in [-0.1, -0.05) is 25.5 Å². The van der Waals surface area contributed by atoms with Crippen molar-refractivity contribution in [1.82, 2.24) is 0 Å². The molecule has 0 bridgehead atoms. The van der Waals surface area contributed by atoms with Crippen molar-refractivity contribution >= 4 is 5.78 Å². The molecule has 4 aliphatic rings. The molecule has 0 aliphatic heterocycles. The summed E-state index contributed by atoms with van der Waals surface area (Å²) in [6.07, 6.45) is 6.94. The fraction of sp³-hybridized carbons (Fsp3) is 0.842. The normalized spacial score (nSPS) is 54.3. The van der Waals surface area contributed by atoms with Gasteiger partial charge in [-0.25, -0.2) is 4.39 Å². The predicted molar refractivity (Wildman–Crippen MR) is 83.0 cm³/mol. The fourth-order valence-corrected chi connectivity index (χ4v) is 6.39. The maximum atomic E-state index is 14.1. The third-order valence-corrected chi connectivity index (χ3v) is 7.78. The summed E-state index contributed by atoms with van der Waals surface area (Å²) in [4.78, 5) is 12.3. The first-order valence-corrected chi connectivity index (χ1v) is 8.92. The Morgan fingerprint density at radius 3 is 2.68 bits per heavy atom. The molecular formula is C19H27FO2. The topological polar surface area (TPSA) is 37.3 Å². The summed E-state index contributed by atoms with van der Waals surface area (Å²) in [5, 5.41) is 9.98. The molecule has 0 aromatic carbocycles. The van der Waals surface area contributed by atoms with E-state index in [0.29, 0.717) is 18.3 Å². The second-order valence-electron chi connectivity index (χ2n) is 8.68. The lowest BCUT2D eigenvalue weighted by Gasteiger charge is -2.56. The Hall–Kier alpha value is -0.700. The van der Waals surface area contributed by atoms with Gasteiger partial charge in [-0.2, -0.15) is 0 Å². The van der Waals surface area contributed by atoms with Gasteiger partial charge in [0, 0.05) is 5.41 Å². The van der Waals surface area contributed by atoms with Crippen LogP contribution in [0.1, 0.15) is 58.8 Å². The highest BCUT2D eigenvalue weighted by atomic mass is 19.1. The van der Waals surface area contributed by atoms with E-state index >= 15 is 0 Å². The molecule has 1 N–H and O–H groups in total. The van der Waals surface area contributed by atoms with Crippen LogP contribution in [0.3, 0.4) is 0 Å². The van der Waals surface area contributed by atoms with Crippen LogP contribution < -0.4 is 0 Å². The standard InChI is InChI=1S/C19H27FO2/c1-18-7-5-12(21)9-11(18)3-4-13-14(18)6-8-19(2)15(13)10-16(20)17(19)22/h3,12-16,21H,4-10H2,1-2H3/t12?,13-,14+,15+,16-,18+,19+/m1/s1. The molecule has 122 valence electrons. The van der Waals surface area contributed by atoms with Crippen molar-refractivity contribution in [2.24, 2.45) is 28.6 Å². The average Bonchev–Trinajstić information content (AvgIpc) is 2.72. The van der Waals surface area contributed by atoms with Crippen LogP contribution in [-0.2, 0) is 4.79 Å². The second-order valence-corrected chi connectivity index (χ2v) is 8.68.